The van der Waals surface area contributed by atoms with Gasteiger partial charge in [-0.05, 0) is 0 Å². The second-order valence-corrected chi connectivity index (χ2v) is 7.00. The van der Waals surface area contributed by atoms with Crippen molar-refractivity contribution in [1.29, 1.82) is 10.8 Å². The minimum Gasteiger partial charge on any atom is -0.481 e. The van der Waals surface area contributed by atoms with Crippen LogP contribution < -0.4 is 5.73 Å². The highest BCUT2D eigenvalue weighted by Gasteiger charge is 2.41. The third kappa shape index (κ3) is 17.9. The summed E-state index contributed by atoms with van der Waals surface area (Å²) in [6.07, 6.45) is -4.33. The van der Waals surface area contributed by atoms with Crippen molar-refractivity contribution in [1.82, 2.24) is 4.90 Å². The lowest BCUT2D eigenvalue weighted by Gasteiger charge is -2.18. The molecule has 0 aliphatic carbocycles. The molecule has 0 bridgehead atoms. The van der Waals surface area contributed by atoms with Crippen molar-refractivity contribution in [2.45, 2.75) is 43.3 Å². The molecule has 0 saturated carbocycles. The molecule has 0 rings (SSSR count). The molecule has 0 aliphatic rings. The van der Waals surface area contributed by atoms with E-state index in [1.54, 1.807) is 19.0 Å². The molecule has 0 aromatic rings. The van der Waals surface area contributed by atoms with Gasteiger partial charge >= 0.3 is 35.8 Å². The van der Waals surface area contributed by atoms with Crippen LogP contribution in [0.1, 0.15) is 32.1 Å². The van der Waals surface area contributed by atoms with Gasteiger partial charge in [-0.25, -0.2) is 9.59 Å². The first-order valence-electron chi connectivity index (χ1n) is 8.96. The summed E-state index contributed by atoms with van der Waals surface area (Å²) in [6.45, 7) is 0. The summed E-state index contributed by atoms with van der Waals surface area (Å²) in [4.78, 5) is 62.6. The highest BCUT2D eigenvalue weighted by atomic mass is 16.4. The van der Waals surface area contributed by atoms with Crippen molar-refractivity contribution < 1.29 is 69.6 Å². The minimum atomic E-state index is -2.74. The van der Waals surface area contributed by atoms with E-state index in [-0.39, 0.29) is 12.3 Å². The van der Waals surface area contributed by atoms with E-state index in [9.17, 15) is 28.8 Å². The number of aliphatic hydroxyl groups is 2. The molecule has 18 nitrogen and oxygen atoms in total. The number of carboxylic acid groups (broad SMARTS) is 6. The van der Waals surface area contributed by atoms with Gasteiger partial charge in [0, 0.05) is 14.1 Å². The number of carboxylic acids is 6. The summed E-state index contributed by atoms with van der Waals surface area (Å²) in [5.74, 6) is -9.64. The van der Waals surface area contributed by atoms with Crippen molar-refractivity contribution in [3.63, 3.8) is 0 Å². The number of nitrogens with two attached hydrogens (primary N) is 1. The molecule has 0 radical (unpaired) electrons. The summed E-state index contributed by atoms with van der Waals surface area (Å²) in [5.41, 5.74) is -0.430. The average molecular weight is 512 g/mol. The maximum atomic E-state index is 10.3. The molecule has 0 amide bonds. The van der Waals surface area contributed by atoms with Crippen molar-refractivity contribution in [3.05, 3.63) is 0 Å². The van der Waals surface area contributed by atoms with Crippen LogP contribution in [-0.2, 0) is 28.8 Å². The standard InChI is InChI=1S/2C6H8O7.C5H12N4/c2*7-3(8)1-6(13,5(11)12)2-4(9)10;1-9(2)5(8)3-4(6)7/h2*13H,1-2H2,(H,7,8)(H,9,10)(H,11,12);8H,3H2,1-2H3,(H3,6,7). The topological polar surface area (TPSA) is 341 Å². The third-order valence-corrected chi connectivity index (χ3v) is 3.47. The fourth-order valence-corrected chi connectivity index (χ4v) is 1.77. The molecule has 0 heterocycles. The van der Waals surface area contributed by atoms with E-state index in [4.69, 9.17) is 57.4 Å². The molecule has 0 aromatic heterocycles. The van der Waals surface area contributed by atoms with Gasteiger partial charge in [-0.15, -0.1) is 0 Å². The first-order valence-corrected chi connectivity index (χ1v) is 8.96. The molecule has 12 N–H and O–H groups in total. The third-order valence-electron chi connectivity index (χ3n) is 3.47. The predicted octanol–water partition coefficient (Wildman–Crippen LogP) is -2.65. The maximum absolute atomic E-state index is 10.3. The molecule has 0 atom stereocenters. The van der Waals surface area contributed by atoms with Gasteiger partial charge in [0.2, 0.25) is 0 Å². The Kier molecular flexibility index (Phi) is 15.6. The average Bonchev–Trinajstić information content (AvgIpc) is 2.58. The Hall–Kier alpha value is -4.32. The largest absolute Gasteiger partial charge is 0.481 e. The SMILES string of the molecule is CN(C)C(=N)CC(=N)N.O=C(O)CC(O)(CC(=O)O)C(=O)O.O=C(O)CC(O)(CC(=O)O)C(=O)O. The van der Waals surface area contributed by atoms with E-state index in [1.807, 2.05) is 0 Å². The first-order chi connectivity index (χ1) is 15.6. The van der Waals surface area contributed by atoms with Crippen molar-refractivity contribution in [2.75, 3.05) is 14.1 Å². The zero-order chi connectivity index (χ0) is 28.7. The van der Waals surface area contributed by atoms with E-state index >= 15 is 0 Å². The van der Waals surface area contributed by atoms with E-state index in [1.165, 1.54) is 0 Å². The van der Waals surface area contributed by atoms with Gasteiger partial charge in [-0.3, -0.25) is 30.0 Å². The Morgan fingerprint density at radius 2 is 0.886 bits per heavy atom. The molecule has 18 heteroatoms. The molecule has 0 spiro atoms. The second-order valence-electron chi connectivity index (χ2n) is 7.00. The fourth-order valence-electron chi connectivity index (χ4n) is 1.77. The fraction of sp³-hybridized carbons (Fsp3) is 0.529. The van der Waals surface area contributed by atoms with Gasteiger partial charge in [0.15, 0.2) is 11.2 Å². The van der Waals surface area contributed by atoms with Gasteiger partial charge in [-0.2, -0.15) is 0 Å². The number of hydrogen-bond acceptors (Lipinski definition) is 10. The lowest BCUT2D eigenvalue weighted by molar-refractivity contribution is -0.170. The minimum absolute atomic E-state index is 0.0358. The highest BCUT2D eigenvalue weighted by molar-refractivity contribution is 5.98. The number of nitrogens with one attached hydrogen (secondary N) is 2. The number of hydrogen-bond donors (Lipinski definition) is 11. The Morgan fingerprint density at radius 3 is 0.971 bits per heavy atom. The van der Waals surface area contributed by atoms with Crippen LogP contribution in [-0.4, -0.2) is 119 Å². The van der Waals surface area contributed by atoms with Gasteiger partial charge in [0.25, 0.3) is 0 Å². The van der Waals surface area contributed by atoms with E-state index in [0.29, 0.717) is 5.84 Å². The normalized spacial score (nSPS) is 10.3. The number of rotatable bonds is 12. The number of carbonyl (C=O) groups is 6. The van der Waals surface area contributed by atoms with Crippen LogP contribution in [0.2, 0.25) is 0 Å². The highest BCUT2D eigenvalue weighted by Crippen LogP contribution is 2.16. The smallest absolute Gasteiger partial charge is 0.336 e. The van der Waals surface area contributed by atoms with Crippen LogP contribution in [0, 0.1) is 10.8 Å². The van der Waals surface area contributed by atoms with Crippen LogP contribution in [0.4, 0.5) is 0 Å². The van der Waals surface area contributed by atoms with Gasteiger partial charge < -0.3 is 51.5 Å². The summed E-state index contributed by atoms with van der Waals surface area (Å²) < 4.78 is 0. The number of amidine groups is 2. The molecule has 35 heavy (non-hydrogen) atoms. The zero-order valence-corrected chi connectivity index (χ0v) is 18.6. The Balaban J connectivity index is -0.000000448. The molecular formula is C17H28N4O14. The number of nitrogens with zero attached hydrogens (tertiary/aromatic N) is 1. The maximum Gasteiger partial charge on any atom is 0.336 e. The zero-order valence-electron chi connectivity index (χ0n) is 18.6. The summed E-state index contributed by atoms with van der Waals surface area (Å²) in [6, 6.07) is 0. The Labute approximate surface area is 196 Å². The molecule has 0 fully saturated rings. The van der Waals surface area contributed by atoms with Crippen LogP contribution in [0.3, 0.4) is 0 Å². The summed E-state index contributed by atoms with van der Waals surface area (Å²) in [5, 5.41) is 81.6. The van der Waals surface area contributed by atoms with Crippen LogP contribution in [0.5, 0.6) is 0 Å². The lowest BCUT2D eigenvalue weighted by atomic mass is 9.96. The van der Waals surface area contributed by atoms with Gasteiger partial charge in [0.1, 0.15) is 5.84 Å². The van der Waals surface area contributed by atoms with E-state index in [0.717, 1.165) is 0 Å². The Morgan fingerprint density at radius 1 is 0.657 bits per heavy atom. The first kappa shape index (κ1) is 35.3. The summed E-state index contributed by atoms with van der Waals surface area (Å²) in [7, 11) is 3.51. The monoisotopic (exact) mass is 512 g/mol. The molecule has 0 aliphatic heterocycles. The van der Waals surface area contributed by atoms with Crippen LogP contribution >= 0.6 is 0 Å². The van der Waals surface area contributed by atoms with Crippen molar-refractivity contribution in [3.8, 4) is 0 Å². The molecule has 0 aromatic carbocycles. The van der Waals surface area contributed by atoms with Gasteiger partial charge in [-0.1, -0.05) is 0 Å². The summed E-state index contributed by atoms with van der Waals surface area (Å²) >= 11 is 0. The predicted molar refractivity (Wildman–Crippen MR) is 112 cm³/mol. The van der Waals surface area contributed by atoms with Gasteiger partial charge in [0.05, 0.1) is 37.9 Å². The van der Waals surface area contributed by atoms with Crippen LogP contribution in [0.25, 0.3) is 0 Å². The second kappa shape index (κ2) is 15.5. The quantitative estimate of drug-likeness (QED) is 0.0938. The number of aliphatic carboxylic acids is 6. The Bertz CT molecular complexity index is 755. The molecule has 200 valence electrons. The van der Waals surface area contributed by atoms with Crippen molar-refractivity contribution in [2.24, 2.45) is 5.73 Å². The van der Waals surface area contributed by atoms with Crippen molar-refractivity contribution >= 4 is 47.5 Å². The van der Waals surface area contributed by atoms with E-state index in [2.05, 4.69) is 0 Å². The van der Waals surface area contributed by atoms with Crippen LogP contribution in [0.15, 0.2) is 0 Å². The molecule has 0 saturated heterocycles. The van der Waals surface area contributed by atoms with E-state index < -0.39 is 72.7 Å². The molecule has 0 unspecified atom stereocenters. The molecular weight excluding hydrogens is 484 g/mol. The lowest BCUT2D eigenvalue weighted by Crippen LogP contribution is -2.42.